The summed E-state index contributed by atoms with van der Waals surface area (Å²) in [5.74, 6) is 0.0529. The molecule has 1 amide bonds. The number of hydrogen-bond donors (Lipinski definition) is 0. The van der Waals surface area contributed by atoms with E-state index in [4.69, 9.17) is 0 Å². The molecule has 0 aliphatic carbocycles. The molecule has 96 valence electrons. The molecule has 1 fully saturated rings. The molecule has 2 atom stereocenters. The first-order valence-electron chi connectivity index (χ1n) is 6.14. The number of rotatable bonds is 7. The van der Waals surface area contributed by atoms with Crippen LogP contribution in [-0.4, -0.2) is 34.4 Å². The van der Waals surface area contributed by atoms with Gasteiger partial charge in [-0.2, -0.15) is 0 Å². The van der Waals surface area contributed by atoms with Crippen molar-refractivity contribution >= 4 is 5.91 Å². The van der Waals surface area contributed by atoms with Crippen LogP contribution in [0.5, 0.6) is 0 Å². The lowest BCUT2D eigenvalue weighted by Gasteiger charge is -2.30. The third kappa shape index (κ3) is 3.54. The highest BCUT2D eigenvalue weighted by Crippen LogP contribution is 2.26. The molecule has 5 heteroatoms. The van der Waals surface area contributed by atoms with Crippen LogP contribution in [-0.2, 0) is 4.79 Å². The first-order chi connectivity index (χ1) is 8.10. The van der Waals surface area contributed by atoms with Gasteiger partial charge >= 0.3 is 0 Å². The zero-order chi connectivity index (χ0) is 12.8. The van der Waals surface area contributed by atoms with Crippen LogP contribution < -0.4 is 0 Å². The summed E-state index contributed by atoms with van der Waals surface area (Å²) in [6.45, 7) is 5.51. The first-order valence-corrected chi connectivity index (χ1v) is 6.14. The number of nitrogens with zero attached hydrogens (tertiary/aromatic N) is 2. The molecule has 17 heavy (non-hydrogen) atoms. The highest BCUT2D eigenvalue weighted by molar-refractivity contribution is 5.79. The Morgan fingerprint density at radius 2 is 2.41 bits per heavy atom. The number of nitro groups is 1. The SMILES string of the molecule is C=CC[C@@H]1CCC(=O)N1[C@H](CCC)C[N+](=O)[O-]. The van der Waals surface area contributed by atoms with Crippen molar-refractivity contribution in [3.8, 4) is 0 Å². The summed E-state index contributed by atoms with van der Waals surface area (Å²) < 4.78 is 0. The van der Waals surface area contributed by atoms with Crippen LogP contribution in [0.15, 0.2) is 12.7 Å². The Labute approximate surface area is 102 Å². The van der Waals surface area contributed by atoms with Gasteiger partial charge in [-0.25, -0.2) is 0 Å². The van der Waals surface area contributed by atoms with Crippen molar-refractivity contribution in [3.63, 3.8) is 0 Å². The van der Waals surface area contributed by atoms with Gasteiger partial charge in [0.1, 0.15) is 0 Å². The van der Waals surface area contributed by atoms with E-state index in [1.54, 1.807) is 11.0 Å². The number of carbonyl (C=O) groups excluding carboxylic acids is 1. The Balaban J connectivity index is 2.77. The second kappa shape index (κ2) is 6.37. The van der Waals surface area contributed by atoms with Crippen LogP contribution in [0, 0.1) is 10.1 Å². The topological polar surface area (TPSA) is 63.5 Å². The van der Waals surface area contributed by atoms with Gasteiger partial charge in [-0.05, 0) is 19.3 Å². The van der Waals surface area contributed by atoms with Crippen LogP contribution in [0.2, 0.25) is 0 Å². The minimum Gasteiger partial charge on any atom is -0.330 e. The summed E-state index contributed by atoms with van der Waals surface area (Å²) >= 11 is 0. The quantitative estimate of drug-likeness (QED) is 0.388. The van der Waals surface area contributed by atoms with Crippen LogP contribution in [0.1, 0.15) is 39.0 Å². The van der Waals surface area contributed by atoms with Crippen LogP contribution >= 0.6 is 0 Å². The number of hydrogen-bond acceptors (Lipinski definition) is 3. The summed E-state index contributed by atoms with van der Waals surface area (Å²) in [4.78, 5) is 23.9. The maximum atomic E-state index is 11.8. The second-order valence-electron chi connectivity index (χ2n) is 4.48. The zero-order valence-corrected chi connectivity index (χ0v) is 10.3. The van der Waals surface area contributed by atoms with E-state index in [1.807, 2.05) is 6.92 Å². The normalized spacial score (nSPS) is 21.6. The molecule has 1 aliphatic rings. The van der Waals surface area contributed by atoms with E-state index in [9.17, 15) is 14.9 Å². The molecule has 0 saturated carbocycles. The molecular formula is C12H20N2O3. The van der Waals surface area contributed by atoms with E-state index in [2.05, 4.69) is 6.58 Å². The maximum Gasteiger partial charge on any atom is 0.224 e. The van der Waals surface area contributed by atoms with Crippen LogP contribution in [0.25, 0.3) is 0 Å². The van der Waals surface area contributed by atoms with E-state index >= 15 is 0 Å². The Morgan fingerprint density at radius 1 is 1.71 bits per heavy atom. The monoisotopic (exact) mass is 240 g/mol. The van der Waals surface area contributed by atoms with E-state index < -0.39 is 0 Å². The van der Waals surface area contributed by atoms with Crippen LogP contribution in [0.3, 0.4) is 0 Å². The van der Waals surface area contributed by atoms with Crippen molar-refractivity contribution in [2.45, 2.75) is 51.1 Å². The summed E-state index contributed by atoms with van der Waals surface area (Å²) in [5, 5.41) is 10.7. The van der Waals surface area contributed by atoms with Crippen molar-refractivity contribution in [2.75, 3.05) is 6.54 Å². The first kappa shape index (κ1) is 13.7. The molecule has 0 unspecified atom stereocenters. The van der Waals surface area contributed by atoms with Gasteiger partial charge in [-0.1, -0.05) is 19.4 Å². The zero-order valence-electron chi connectivity index (χ0n) is 10.3. The number of likely N-dealkylation sites (tertiary alicyclic amines) is 1. The molecule has 0 spiro atoms. The van der Waals surface area contributed by atoms with E-state index in [0.29, 0.717) is 12.8 Å². The molecule has 0 bridgehead atoms. The van der Waals surface area contributed by atoms with Gasteiger partial charge in [0, 0.05) is 17.4 Å². The van der Waals surface area contributed by atoms with Gasteiger partial charge in [-0.3, -0.25) is 14.9 Å². The molecule has 5 nitrogen and oxygen atoms in total. The van der Waals surface area contributed by atoms with Gasteiger partial charge in [0.15, 0.2) is 0 Å². The molecule has 1 heterocycles. The fourth-order valence-electron chi connectivity index (χ4n) is 2.51. The van der Waals surface area contributed by atoms with E-state index in [0.717, 1.165) is 19.3 Å². The molecule has 0 radical (unpaired) electrons. The number of carbonyl (C=O) groups is 1. The van der Waals surface area contributed by atoms with Crippen molar-refractivity contribution in [3.05, 3.63) is 22.8 Å². The molecule has 0 aromatic carbocycles. The standard InChI is InChI=1S/C12H20N2O3/c1-3-5-10-7-8-12(15)14(10)11(6-4-2)9-13(16)17/h3,10-11H,1,4-9H2,2H3/t10-,11-/m1/s1. The molecular weight excluding hydrogens is 220 g/mol. The summed E-state index contributed by atoms with van der Waals surface area (Å²) in [7, 11) is 0. The third-order valence-electron chi connectivity index (χ3n) is 3.19. The minimum atomic E-state index is -0.323. The Morgan fingerprint density at radius 3 is 2.94 bits per heavy atom. The van der Waals surface area contributed by atoms with E-state index in [-0.39, 0.29) is 29.5 Å². The molecule has 0 aromatic heterocycles. The lowest BCUT2D eigenvalue weighted by Crippen LogP contribution is -2.45. The largest absolute Gasteiger partial charge is 0.330 e. The fraction of sp³-hybridized carbons (Fsp3) is 0.750. The van der Waals surface area contributed by atoms with Crippen molar-refractivity contribution < 1.29 is 9.72 Å². The summed E-state index contributed by atoms with van der Waals surface area (Å²) in [6, 6.07) is -0.147. The Hall–Kier alpha value is -1.39. The number of amides is 1. The third-order valence-corrected chi connectivity index (χ3v) is 3.19. The van der Waals surface area contributed by atoms with Crippen LogP contribution in [0.4, 0.5) is 0 Å². The summed E-state index contributed by atoms with van der Waals surface area (Å²) in [5.41, 5.74) is 0. The minimum absolute atomic E-state index is 0.0529. The van der Waals surface area contributed by atoms with Gasteiger partial charge in [-0.15, -0.1) is 6.58 Å². The van der Waals surface area contributed by atoms with Crippen molar-refractivity contribution in [2.24, 2.45) is 0 Å². The van der Waals surface area contributed by atoms with Gasteiger partial charge in [0.25, 0.3) is 0 Å². The average molecular weight is 240 g/mol. The van der Waals surface area contributed by atoms with Gasteiger partial charge in [0.05, 0.1) is 6.04 Å². The molecule has 0 aromatic rings. The highest BCUT2D eigenvalue weighted by atomic mass is 16.6. The second-order valence-corrected chi connectivity index (χ2v) is 4.48. The summed E-state index contributed by atoms with van der Waals surface area (Å²) in [6.07, 6.45) is 5.36. The lowest BCUT2D eigenvalue weighted by atomic mass is 10.1. The van der Waals surface area contributed by atoms with E-state index in [1.165, 1.54) is 0 Å². The Bertz CT molecular complexity index is 304. The predicted molar refractivity (Wildman–Crippen MR) is 65.2 cm³/mol. The predicted octanol–water partition coefficient (Wildman–Crippen LogP) is 2.00. The maximum absolute atomic E-state index is 11.8. The molecule has 1 rings (SSSR count). The molecule has 1 aliphatic heterocycles. The fourth-order valence-corrected chi connectivity index (χ4v) is 2.51. The molecule has 0 N–H and O–H groups in total. The lowest BCUT2D eigenvalue weighted by molar-refractivity contribution is -0.486. The average Bonchev–Trinajstić information content (AvgIpc) is 2.59. The van der Waals surface area contributed by atoms with Crippen molar-refractivity contribution in [1.82, 2.24) is 4.90 Å². The highest BCUT2D eigenvalue weighted by Gasteiger charge is 2.36. The smallest absolute Gasteiger partial charge is 0.224 e. The molecule has 1 saturated heterocycles. The van der Waals surface area contributed by atoms with Gasteiger partial charge in [0.2, 0.25) is 12.5 Å². The van der Waals surface area contributed by atoms with Gasteiger partial charge < -0.3 is 4.90 Å². The Kier molecular flexibility index (Phi) is 5.12. The van der Waals surface area contributed by atoms with Crippen molar-refractivity contribution in [1.29, 1.82) is 0 Å².